The number of hydrogen-bond acceptors (Lipinski definition) is 3. The molecule has 1 amide bonds. The summed E-state index contributed by atoms with van der Waals surface area (Å²) in [6, 6.07) is 4.48. The first kappa shape index (κ1) is 17.6. The standard InChI is InChI=1S/C14H17BrFNO4/c1-8(5-9-3-4-11(16)10(15)6-9)12(18)17-7-14(2,21)13(19)20/h3-4,6,8,21H,5,7H2,1-2H3,(H,17,18)(H,19,20). The number of benzene rings is 1. The van der Waals surface area contributed by atoms with E-state index in [2.05, 4.69) is 21.2 Å². The number of carbonyl (C=O) groups is 2. The van der Waals surface area contributed by atoms with Gasteiger partial charge in [0.25, 0.3) is 0 Å². The first-order chi connectivity index (χ1) is 9.63. The second kappa shape index (κ2) is 7.00. The van der Waals surface area contributed by atoms with Crippen molar-refractivity contribution in [2.75, 3.05) is 6.54 Å². The van der Waals surface area contributed by atoms with Crippen molar-refractivity contribution in [2.24, 2.45) is 5.92 Å². The van der Waals surface area contributed by atoms with Crippen molar-refractivity contribution in [3.05, 3.63) is 34.1 Å². The molecule has 0 saturated carbocycles. The third-order valence-electron chi connectivity index (χ3n) is 3.04. The monoisotopic (exact) mass is 361 g/mol. The van der Waals surface area contributed by atoms with Crippen molar-refractivity contribution in [1.29, 1.82) is 0 Å². The van der Waals surface area contributed by atoms with E-state index in [1.54, 1.807) is 19.1 Å². The largest absolute Gasteiger partial charge is 0.479 e. The second-order valence-corrected chi connectivity index (χ2v) is 6.00. The van der Waals surface area contributed by atoms with Crippen LogP contribution in [0.25, 0.3) is 0 Å². The second-order valence-electron chi connectivity index (χ2n) is 5.15. The van der Waals surface area contributed by atoms with Crippen molar-refractivity contribution in [3.63, 3.8) is 0 Å². The van der Waals surface area contributed by atoms with Gasteiger partial charge in [-0.05, 0) is 47.0 Å². The van der Waals surface area contributed by atoms with Gasteiger partial charge in [0.05, 0.1) is 11.0 Å². The van der Waals surface area contributed by atoms with Crippen LogP contribution in [0.15, 0.2) is 22.7 Å². The number of rotatable bonds is 6. The van der Waals surface area contributed by atoms with Crippen molar-refractivity contribution in [3.8, 4) is 0 Å². The number of amides is 1. The zero-order valence-electron chi connectivity index (χ0n) is 11.7. The summed E-state index contributed by atoms with van der Waals surface area (Å²) < 4.78 is 13.4. The van der Waals surface area contributed by atoms with Gasteiger partial charge in [0.1, 0.15) is 5.82 Å². The lowest BCUT2D eigenvalue weighted by molar-refractivity contribution is -0.156. The zero-order chi connectivity index (χ0) is 16.2. The molecule has 0 aliphatic carbocycles. The van der Waals surface area contributed by atoms with Gasteiger partial charge in [-0.15, -0.1) is 0 Å². The third kappa shape index (κ3) is 5.09. The quantitative estimate of drug-likeness (QED) is 0.719. The Kier molecular flexibility index (Phi) is 5.86. The first-order valence-corrected chi connectivity index (χ1v) is 7.10. The molecule has 0 saturated heterocycles. The van der Waals surface area contributed by atoms with Crippen LogP contribution < -0.4 is 5.32 Å². The Morgan fingerprint density at radius 3 is 2.62 bits per heavy atom. The minimum Gasteiger partial charge on any atom is -0.479 e. The number of aliphatic carboxylic acids is 1. The molecule has 7 heteroatoms. The summed E-state index contributed by atoms with van der Waals surface area (Å²) in [7, 11) is 0. The number of hydrogen-bond donors (Lipinski definition) is 3. The van der Waals surface area contributed by atoms with Gasteiger partial charge in [0, 0.05) is 5.92 Å². The molecule has 5 nitrogen and oxygen atoms in total. The molecule has 1 aromatic carbocycles. The molecule has 1 rings (SSSR count). The molecule has 0 spiro atoms. The van der Waals surface area contributed by atoms with Crippen LogP contribution in [0.2, 0.25) is 0 Å². The molecule has 116 valence electrons. The highest BCUT2D eigenvalue weighted by Gasteiger charge is 2.30. The Morgan fingerprint density at radius 2 is 2.10 bits per heavy atom. The molecule has 0 bridgehead atoms. The number of nitrogens with one attached hydrogen (secondary N) is 1. The maximum absolute atomic E-state index is 13.1. The van der Waals surface area contributed by atoms with Crippen molar-refractivity contribution >= 4 is 27.8 Å². The molecule has 0 aromatic heterocycles. The van der Waals surface area contributed by atoms with E-state index in [4.69, 9.17) is 5.11 Å². The van der Waals surface area contributed by atoms with Gasteiger partial charge < -0.3 is 15.5 Å². The Balaban J connectivity index is 2.59. The Labute approximate surface area is 130 Å². The Hall–Kier alpha value is -1.47. The molecule has 0 heterocycles. The zero-order valence-corrected chi connectivity index (χ0v) is 13.3. The Morgan fingerprint density at radius 1 is 1.48 bits per heavy atom. The van der Waals surface area contributed by atoms with E-state index in [-0.39, 0.29) is 18.3 Å². The van der Waals surface area contributed by atoms with Crippen LogP contribution in [0.4, 0.5) is 4.39 Å². The predicted molar refractivity (Wildman–Crippen MR) is 78.2 cm³/mol. The van der Waals surface area contributed by atoms with E-state index >= 15 is 0 Å². The third-order valence-corrected chi connectivity index (χ3v) is 3.65. The maximum Gasteiger partial charge on any atom is 0.337 e. The molecule has 0 radical (unpaired) electrons. The van der Waals surface area contributed by atoms with E-state index in [1.807, 2.05) is 0 Å². The smallest absolute Gasteiger partial charge is 0.337 e. The number of aliphatic hydroxyl groups is 1. The molecular formula is C14H17BrFNO4. The SMILES string of the molecule is CC(Cc1ccc(F)c(Br)c1)C(=O)NCC(C)(O)C(=O)O. The molecule has 0 aliphatic heterocycles. The highest BCUT2D eigenvalue weighted by Crippen LogP contribution is 2.19. The minimum atomic E-state index is -2.01. The first-order valence-electron chi connectivity index (χ1n) is 6.31. The maximum atomic E-state index is 13.1. The lowest BCUT2D eigenvalue weighted by Gasteiger charge is -2.20. The average molecular weight is 362 g/mol. The highest BCUT2D eigenvalue weighted by atomic mass is 79.9. The summed E-state index contributed by atoms with van der Waals surface area (Å²) in [6.07, 6.45) is 0.375. The van der Waals surface area contributed by atoms with Gasteiger partial charge in [0.2, 0.25) is 5.91 Å². The van der Waals surface area contributed by atoms with Crippen LogP contribution in [0.5, 0.6) is 0 Å². The molecular weight excluding hydrogens is 345 g/mol. The predicted octanol–water partition coefficient (Wildman–Crippen LogP) is 1.72. The summed E-state index contributed by atoms with van der Waals surface area (Å²) in [5.41, 5.74) is -1.23. The van der Waals surface area contributed by atoms with Crippen molar-refractivity contribution in [2.45, 2.75) is 25.9 Å². The van der Waals surface area contributed by atoms with E-state index in [0.29, 0.717) is 10.9 Å². The van der Waals surface area contributed by atoms with Gasteiger partial charge in [-0.3, -0.25) is 4.79 Å². The van der Waals surface area contributed by atoms with Gasteiger partial charge in [-0.1, -0.05) is 13.0 Å². The van der Waals surface area contributed by atoms with Crippen molar-refractivity contribution in [1.82, 2.24) is 5.32 Å². The highest BCUT2D eigenvalue weighted by molar-refractivity contribution is 9.10. The van der Waals surface area contributed by atoms with Crippen LogP contribution in [-0.2, 0) is 16.0 Å². The van der Waals surface area contributed by atoms with E-state index in [0.717, 1.165) is 12.5 Å². The summed E-state index contributed by atoms with van der Waals surface area (Å²) in [5.74, 6) is -2.60. The van der Waals surface area contributed by atoms with Gasteiger partial charge in [-0.2, -0.15) is 0 Å². The molecule has 0 fully saturated rings. The molecule has 1 aromatic rings. The molecule has 0 aliphatic rings. The minimum absolute atomic E-state index is 0.321. The van der Waals surface area contributed by atoms with E-state index in [1.165, 1.54) is 6.07 Å². The van der Waals surface area contributed by atoms with Crippen LogP contribution in [0.3, 0.4) is 0 Å². The summed E-state index contributed by atoms with van der Waals surface area (Å²) >= 11 is 3.07. The average Bonchev–Trinajstić information content (AvgIpc) is 2.40. The van der Waals surface area contributed by atoms with Crippen molar-refractivity contribution < 1.29 is 24.2 Å². The number of carboxylic acids is 1. The van der Waals surface area contributed by atoms with Gasteiger partial charge in [-0.25, -0.2) is 9.18 Å². The molecule has 21 heavy (non-hydrogen) atoms. The summed E-state index contributed by atoms with van der Waals surface area (Å²) in [4.78, 5) is 22.6. The van der Waals surface area contributed by atoms with E-state index in [9.17, 15) is 19.1 Å². The Bertz CT molecular complexity index is 548. The molecule has 2 unspecified atom stereocenters. The fraction of sp³-hybridized carbons (Fsp3) is 0.429. The lowest BCUT2D eigenvalue weighted by Crippen LogP contribution is -2.47. The van der Waals surface area contributed by atoms with Gasteiger partial charge >= 0.3 is 5.97 Å². The summed E-state index contributed by atoms with van der Waals surface area (Å²) in [6.45, 7) is 2.40. The van der Waals surface area contributed by atoms with Crippen LogP contribution >= 0.6 is 15.9 Å². The fourth-order valence-corrected chi connectivity index (χ4v) is 2.05. The fourth-order valence-electron chi connectivity index (χ4n) is 1.62. The van der Waals surface area contributed by atoms with E-state index < -0.39 is 17.5 Å². The lowest BCUT2D eigenvalue weighted by atomic mass is 10.00. The van der Waals surface area contributed by atoms with Gasteiger partial charge in [0.15, 0.2) is 5.60 Å². The van der Waals surface area contributed by atoms with Crippen LogP contribution in [0, 0.1) is 11.7 Å². The van der Waals surface area contributed by atoms with Crippen LogP contribution in [0.1, 0.15) is 19.4 Å². The molecule has 3 N–H and O–H groups in total. The normalized spacial score (nSPS) is 15.1. The number of carboxylic acid groups (broad SMARTS) is 1. The summed E-state index contributed by atoms with van der Waals surface area (Å²) in [5, 5.41) is 20.7. The number of carbonyl (C=O) groups excluding carboxylic acids is 1. The topological polar surface area (TPSA) is 86.6 Å². The number of halogens is 2. The van der Waals surface area contributed by atoms with Crippen LogP contribution in [-0.4, -0.2) is 34.2 Å². The molecule has 2 atom stereocenters.